The van der Waals surface area contributed by atoms with E-state index in [0.29, 0.717) is 69.9 Å². The minimum Gasteiger partial charge on any atom is -0.396 e. The Morgan fingerprint density at radius 1 is 0.534 bits per heavy atom. The Hall–Kier alpha value is -13.2. The predicted molar refractivity (Wildman–Crippen MR) is 493 cm³/mol. The lowest BCUT2D eigenvalue weighted by atomic mass is 9.84. The normalized spacial score (nSPS) is 23.6. The number of fused-ring (bicyclic) bond motifs is 3. The molecule has 0 aliphatic carbocycles. The summed E-state index contributed by atoms with van der Waals surface area (Å²) in [5.41, 5.74) is 25.8. The molecule has 2 fully saturated rings. The number of Topliss-reactive ketones (excluding diaryl/α,β-unsaturated/α-hetero) is 4. The number of nitrogens with one attached hydrogen (secondary N) is 11. The van der Waals surface area contributed by atoms with Gasteiger partial charge in [0.1, 0.15) is 42.0 Å². The van der Waals surface area contributed by atoms with Crippen LogP contribution < -0.4 is 60.2 Å². The standard InChI is InChI=1S/C92H127N21O19S/c1-8-10-28-71-76(117)39-55(23-19-33-99-92(96)97)84(125)108-70(86(127)102-47-80(95)121)50-133-51-82(123)105-67(35-54-21-13-12-14-22-54)88(129)110(5)53(3)83(124)106-69(43-79(94)120)90(131)113-34-20-30-72(113)77(118)41-57(36-61-46-98-52-103-61)74(115)40-56(31-32-78(93)119)87(128)109(4)48-81(122)104-66(37-58-44-100-64-26-17-15-24-62(58)64)75(116)42-60(49-114)85(126)107-68(38-59-45-101-65-27-18-16-25-63(59)65)89(130)112(7)73(29-11-9-2)91(132)111(71)6/h12-18,21-22,24-27,44-46,52-53,55-57,60,66-73,100-101,114H,8-11,19-20,23,28-43,47-51H2,1-7H3,(H2,93,119)(H2,94,120)(H2,95,121)(H,98,103)(H,102,127)(H,104,122)(H,105,123)(H,106,124)(H,107,126)(H,108,125)(H4,96,97,99)/t53-,55+,56+,57+,60-,66-,67-,68-,69-,70-,71-,72-,73+/m0/s1. The van der Waals surface area contributed by atoms with Gasteiger partial charge in [-0.25, -0.2) is 4.98 Å². The zero-order valence-electron chi connectivity index (χ0n) is 76.3. The summed E-state index contributed by atoms with van der Waals surface area (Å²) in [4.78, 5) is 281. The van der Waals surface area contributed by atoms with Crippen LogP contribution in [-0.2, 0) is 112 Å². The number of thioether (sulfide) groups is 1. The Labute approximate surface area is 775 Å². The molecule has 3 aromatic heterocycles. The van der Waals surface area contributed by atoms with E-state index in [4.69, 9.17) is 28.3 Å². The summed E-state index contributed by atoms with van der Waals surface area (Å²) in [6.07, 6.45) is 3.40. The van der Waals surface area contributed by atoms with Gasteiger partial charge in [-0.05, 0) is 87.1 Å². The number of nitrogens with two attached hydrogens (primary N) is 4. The molecule has 14 amide bonds. The number of nitrogens with zero attached hydrogens (tertiary/aromatic N) is 6. The van der Waals surface area contributed by atoms with Crippen molar-refractivity contribution in [3.05, 3.63) is 126 Å². The molecule has 2 saturated heterocycles. The molecule has 720 valence electrons. The Morgan fingerprint density at radius 3 is 1.71 bits per heavy atom. The van der Waals surface area contributed by atoms with E-state index in [1.54, 1.807) is 91.3 Å². The Bertz CT molecular complexity index is 5120. The maximum Gasteiger partial charge on any atom is 0.246 e. The summed E-state index contributed by atoms with van der Waals surface area (Å²) in [5, 5.41) is 38.9. The van der Waals surface area contributed by atoms with E-state index in [9.17, 15) is 57.8 Å². The van der Waals surface area contributed by atoms with Crippen LogP contribution in [0.15, 0.2) is 104 Å². The lowest BCUT2D eigenvalue weighted by Crippen LogP contribution is -2.58. The number of unbranched alkanes of at least 4 members (excludes halogenated alkanes) is 2. The monoisotopic (exact) mass is 1860 g/mol. The molecule has 20 N–H and O–H groups in total. The molecule has 13 atom stereocenters. The van der Waals surface area contributed by atoms with Crippen molar-refractivity contribution in [2.45, 2.75) is 210 Å². The number of primary amides is 3. The van der Waals surface area contributed by atoms with Gasteiger partial charge in [0.05, 0.1) is 62.2 Å². The molecule has 2 aliphatic heterocycles. The van der Waals surface area contributed by atoms with Gasteiger partial charge in [0.25, 0.3) is 0 Å². The van der Waals surface area contributed by atoms with Crippen LogP contribution in [0.3, 0.4) is 0 Å². The average Bonchev–Trinajstić information content (AvgIpc) is 1.52. The number of amides is 14. The first-order valence-electron chi connectivity index (χ1n) is 44.9. The second-order valence-corrected chi connectivity index (χ2v) is 35.3. The summed E-state index contributed by atoms with van der Waals surface area (Å²) in [6, 6.07) is 9.60. The summed E-state index contributed by atoms with van der Waals surface area (Å²) in [6.45, 7) is 2.55. The molecule has 8 rings (SSSR count). The largest absolute Gasteiger partial charge is 0.396 e. The highest BCUT2D eigenvalue weighted by molar-refractivity contribution is 8.00. The molecule has 0 spiro atoms. The number of aliphatic hydroxyl groups excluding tert-OH is 1. The van der Waals surface area contributed by atoms with E-state index in [-0.39, 0.29) is 89.5 Å². The number of likely N-dealkylation sites (N-methyl/N-ethyl adjacent to an activating group) is 4. The third kappa shape index (κ3) is 31.0. The van der Waals surface area contributed by atoms with Crippen molar-refractivity contribution in [3.8, 4) is 0 Å². The molecule has 2 aliphatic rings. The van der Waals surface area contributed by atoms with Crippen LogP contribution in [-0.4, -0.2) is 288 Å². The number of hydrogen-bond donors (Lipinski definition) is 16. The molecule has 133 heavy (non-hydrogen) atoms. The Balaban J connectivity index is 1.18. The lowest BCUT2D eigenvalue weighted by molar-refractivity contribution is -0.149. The van der Waals surface area contributed by atoms with E-state index in [1.807, 2.05) is 13.8 Å². The van der Waals surface area contributed by atoms with Gasteiger partial charge in [0.15, 0.2) is 23.3 Å². The number of aliphatic hydroxyl groups is 1. The van der Waals surface area contributed by atoms with E-state index < -0.39 is 254 Å². The van der Waals surface area contributed by atoms with Gasteiger partial charge in [-0.15, -0.1) is 11.8 Å². The summed E-state index contributed by atoms with van der Waals surface area (Å²) in [5.74, 6) is -21.9. The predicted octanol–water partition coefficient (Wildman–Crippen LogP) is 0.444. The zero-order valence-corrected chi connectivity index (χ0v) is 77.1. The molecule has 0 bridgehead atoms. The third-order valence-electron chi connectivity index (χ3n) is 24.3. The van der Waals surface area contributed by atoms with E-state index in [1.165, 1.54) is 57.4 Å². The molecule has 6 aromatic rings. The van der Waals surface area contributed by atoms with Gasteiger partial charge >= 0.3 is 0 Å². The van der Waals surface area contributed by atoms with Crippen molar-refractivity contribution in [2.75, 3.05) is 72.5 Å². The van der Waals surface area contributed by atoms with Crippen molar-refractivity contribution in [2.24, 2.45) is 46.6 Å². The molecule has 0 saturated carbocycles. The number of ketones is 4. The molecule has 5 heterocycles. The molecule has 0 unspecified atom stereocenters. The highest BCUT2D eigenvalue weighted by atomic mass is 32.2. The van der Waals surface area contributed by atoms with Gasteiger partial charge in [0, 0.05) is 162 Å². The van der Waals surface area contributed by atoms with Crippen LogP contribution in [0.25, 0.3) is 21.8 Å². The fraction of sp³-hybridized carbons (Fsp3) is 0.522. The summed E-state index contributed by atoms with van der Waals surface area (Å²) >= 11 is 0.813. The maximum atomic E-state index is 15.7. The number of imidazole rings is 1. The van der Waals surface area contributed by atoms with Crippen LogP contribution in [0, 0.1) is 29.1 Å². The van der Waals surface area contributed by atoms with Crippen LogP contribution in [0.1, 0.15) is 152 Å². The Kier molecular flexibility index (Phi) is 40.8. The van der Waals surface area contributed by atoms with Crippen molar-refractivity contribution < 1.29 is 91.4 Å². The molecule has 0 radical (unpaired) electrons. The smallest absolute Gasteiger partial charge is 0.246 e. The Morgan fingerprint density at radius 2 is 1.11 bits per heavy atom. The highest BCUT2D eigenvalue weighted by Gasteiger charge is 2.44. The molecule has 40 nitrogen and oxygen atoms in total. The van der Waals surface area contributed by atoms with Gasteiger partial charge < -0.3 is 105 Å². The van der Waals surface area contributed by atoms with Gasteiger partial charge in [-0.2, -0.15) is 0 Å². The molecular weight excluding hydrogens is 1740 g/mol. The number of carbonyl (C=O) groups is 18. The maximum absolute atomic E-state index is 15.7. The summed E-state index contributed by atoms with van der Waals surface area (Å²) in [7, 11) is 5.28. The minimum atomic E-state index is -1.73. The van der Waals surface area contributed by atoms with E-state index >= 15 is 33.6 Å². The number of carbonyl (C=O) groups excluding carboxylic acids is 18. The molecule has 41 heteroatoms. The highest BCUT2D eigenvalue weighted by Crippen LogP contribution is 2.30. The van der Waals surface area contributed by atoms with Gasteiger partial charge in [-0.3, -0.25) is 91.7 Å². The number of benzene rings is 3. The fourth-order valence-electron chi connectivity index (χ4n) is 16.7. The SMILES string of the molecule is CCCC[C@@H]1C(=O)N(C)[C@@H](CCCC)C(=O)C[C@@H](CCCNC(=N)N)C(=O)N[C@H](C(=O)NCC(N)=O)CSCC(=O)N[C@@H](Cc2ccccc2)C(=O)N(C)[C@@H](C)C(=O)N[C@@H](CC(N)=O)C(=O)N2CCC[C@H]2C(=O)C[C@@H](Cc2cnc[nH]2)C(=O)C[C@@H](CCC(N)=O)C(=O)N(C)CC(=O)N[C@@H](Cc2c[nH]c3ccccc23)C(=O)C[C@@H](CO)C(=O)N[C@@H](Cc2c[nH]c3ccccc23)C(=O)N1C. The molecule has 3 aromatic carbocycles. The molecular formula is C92H127N21O19S. The van der Waals surface area contributed by atoms with Crippen LogP contribution in [0.5, 0.6) is 0 Å². The van der Waals surface area contributed by atoms with Crippen molar-refractivity contribution in [3.63, 3.8) is 0 Å². The number of aromatic nitrogens is 4. The topological polar surface area (TPSA) is 616 Å². The van der Waals surface area contributed by atoms with E-state index in [2.05, 4.69) is 57.2 Å². The number of guanidine groups is 1. The first-order chi connectivity index (χ1) is 63.4. The van der Waals surface area contributed by atoms with Gasteiger partial charge in [0.2, 0.25) is 82.7 Å². The summed E-state index contributed by atoms with van der Waals surface area (Å²) < 4.78 is 0. The van der Waals surface area contributed by atoms with Gasteiger partial charge in [-0.1, -0.05) is 106 Å². The fourth-order valence-corrected chi connectivity index (χ4v) is 17.6. The number of aromatic amines is 3. The van der Waals surface area contributed by atoms with Crippen molar-refractivity contribution in [1.29, 1.82) is 5.41 Å². The second kappa shape index (κ2) is 51.6. The van der Waals surface area contributed by atoms with Crippen LogP contribution in [0.2, 0.25) is 0 Å². The number of hydrogen-bond acceptors (Lipinski definition) is 22. The average molecular weight is 1860 g/mol. The first kappa shape index (κ1) is 105. The van der Waals surface area contributed by atoms with Crippen LogP contribution >= 0.6 is 11.8 Å². The quantitative estimate of drug-likeness (QED) is 0.0189. The van der Waals surface area contributed by atoms with Crippen molar-refractivity contribution >= 4 is 145 Å². The first-order valence-corrected chi connectivity index (χ1v) is 46.0. The zero-order chi connectivity index (χ0) is 97.3. The lowest BCUT2D eigenvalue weighted by Gasteiger charge is -2.36. The minimum absolute atomic E-state index is 0.0284. The second-order valence-electron chi connectivity index (χ2n) is 34.3. The number of para-hydroxylation sites is 2. The number of H-pyrrole nitrogens is 3. The van der Waals surface area contributed by atoms with Crippen LogP contribution in [0.4, 0.5) is 0 Å². The number of rotatable bonds is 27. The van der Waals surface area contributed by atoms with Crippen molar-refractivity contribution in [1.82, 2.24) is 81.7 Å². The van der Waals surface area contributed by atoms with E-state index in [0.717, 1.165) is 26.5 Å². The third-order valence-corrected chi connectivity index (χ3v) is 25.4.